The van der Waals surface area contributed by atoms with Gasteiger partial charge < -0.3 is 20.1 Å². The summed E-state index contributed by atoms with van der Waals surface area (Å²) in [5, 5.41) is 14.1. The molecule has 2 amide bonds. The maximum Gasteiger partial charge on any atom is 0.433 e. The van der Waals surface area contributed by atoms with Crippen LogP contribution in [0.5, 0.6) is 0 Å². The summed E-state index contributed by atoms with van der Waals surface area (Å²) < 4.78 is 62.2. The fourth-order valence-electron chi connectivity index (χ4n) is 2.90. The summed E-state index contributed by atoms with van der Waals surface area (Å²) in [7, 11) is 0. The number of hydrogen-bond donors (Lipinski definition) is 3. The van der Waals surface area contributed by atoms with Gasteiger partial charge in [-0.3, -0.25) is 9.59 Å². The Balaban J connectivity index is 2.00. The first-order valence-electron chi connectivity index (χ1n) is 10.9. The zero-order chi connectivity index (χ0) is 26.2. The van der Waals surface area contributed by atoms with Crippen LogP contribution in [0.3, 0.4) is 0 Å². The van der Waals surface area contributed by atoms with E-state index in [1.807, 2.05) is 5.32 Å². The number of nitrogens with zero attached hydrogens (tertiary/aromatic N) is 3. The zero-order valence-electron chi connectivity index (χ0n) is 20.1. The highest BCUT2D eigenvalue weighted by molar-refractivity contribution is 6.08. The molecule has 0 aliphatic heterocycles. The van der Waals surface area contributed by atoms with E-state index in [4.69, 9.17) is 4.11 Å². The number of aromatic nitrogens is 3. The SMILES string of the molecule is [2H]C([2H])([2H])NC(=O)c1cc2nc(CCC(C)(C)O)cn2cc1NC(=O)c1cccc(C(F)(F)F)n1. The number of nitrogens with one attached hydrogen (secondary N) is 2. The maximum absolute atomic E-state index is 13.0. The Bertz CT molecular complexity index is 1270. The minimum Gasteiger partial charge on any atom is -0.390 e. The lowest BCUT2D eigenvalue weighted by Gasteiger charge is -2.15. The van der Waals surface area contributed by atoms with Gasteiger partial charge in [-0.2, -0.15) is 13.2 Å². The van der Waals surface area contributed by atoms with Gasteiger partial charge in [0, 0.05) is 23.5 Å². The third-order valence-corrected chi connectivity index (χ3v) is 4.51. The van der Waals surface area contributed by atoms with E-state index in [1.165, 1.54) is 16.7 Å². The smallest absolute Gasteiger partial charge is 0.390 e. The molecular weight excluding hydrogens is 427 g/mol. The molecule has 3 heterocycles. The average Bonchev–Trinajstić information content (AvgIpc) is 3.11. The minimum absolute atomic E-state index is 0.171. The molecular formula is C21H22F3N5O3. The van der Waals surface area contributed by atoms with Crippen molar-refractivity contribution in [3.8, 4) is 0 Å². The summed E-state index contributed by atoms with van der Waals surface area (Å²) >= 11 is 0. The summed E-state index contributed by atoms with van der Waals surface area (Å²) in [4.78, 5) is 33.0. The van der Waals surface area contributed by atoms with E-state index in [1.54, 1.807) is 20.0 Å². The summed E-state index contributed by atoms with van der Waals surface area (Å²) in [6.45, 7) is 0.436. The van der Waals surface area contributed by atoms with Crippen LogP contribution in [0.25, 0.3) is 5.65 Å². The van der Waals surface area contributed by atoms with Crippen LogP contribution in [0.4, 0.5) is 18.9 Å². The van der Waals surface area contributed by atoms with Gasteiger partial charge in [-0.1, -0.05) is 6.07 Å². The van der Waals surface area contributed by atoms with Gasteiger partial charge in [0.05, 0.1) is 22.5 Å². The van der Waals surface area contributed by atoms with Crippen molar-refractivity contribution in [1.82, 2.24) is 19.7 Å². The second kappa shape index (κ2) is 8.58. The number of hydrogen-bond acceptors (Lipinski definition) is 5. The lowest BCUT2D eigenvalue weighted by Crippen LogP contribution is -2.23. The van der Waals surface area contributed by atoms with Crippen molar-refractivity contribution < 1.29 is 32.0 Å². The van der Waals surface area contributed by atoms with E-state index < -0.39 is 42.0 Å². The molecule has 0 bridgehead atoms. The van der Waals surface area contributed by atoms with Gasteiger partial charge in [-0.15, -0.1) is 0 Å². The van der Waals surface area contributed by atoms with Crippen LogP contribution in [-0.2, 0) is 12.6 Å². The molecule has 0 saturated heterocycles. The largest absolute Gasteiger partial charge is 0.433 e. The molecule has 0 atom stereocenters. The van der Waals surface area contributed by atoms with E-state index in [0.29, 0.717) is 24.6 Å². The van der Waals surface area contributed by atoms with Gasteiger partial charge >= 0.3 is 6.18 Å². The van der Waals surface area contributed by atoms with Crippen molar-refractivity contribution in [1.29, 1.82) is 0 Å². The molecule has 8 nitrogen and oxygen atoms in total. The Morgan fingerprint density at radius 3 is 2.59 bits per heavy atom. The van der Waals surface area contributed by atoms with Gasteiger partial charge in [0.1, 0.15) is 17.0 Å². The number of alkyl halides is 3. The number of carbonyl (C=O) groups excluding carboxylic acids is 2. The fraction of sp³-hybridized carbons (Fsp3) is 0.333. The summed E-state index contributed by atoms with van der Waals surface area (Å²) in [5.41, 5.74) is -2.41. The van der Waals surface area contributed by atoms with Crippen LogP contribution in [0.15, 0.2) is 36.7 Å². The quantitative estimate of drug-likeness (QED) is 0.533. The molecule has 3 aromatic heterocycles. The number of imidazole rings is 1. The molecule has 0 unspecified atom stereocenters. The number of pyridine rings is 2. The van der Waals surface area contributed by atoms with Crippen molar-refractivity contribution >= 4 is 23.1 Å². The van der Waals surface area contributed by atoms with E-state index in [2.05, 4.69) is 15.3 Å². The molecule has 3 rings (SSSR count). The number of aliphatic hydroxyl groups is 1. The first-order chi connectivity index (χ1) is 16.0. The van der Waals surface area contributed by atoms with Crippen LogP contribution in [0.2, 0.25) is 0 Å². The predicted octanol–water partition coefficient (Wildman–Crippen LogP) is 3.06. The lowest BCUT2D eigenvalue weighted by molar-refractivity contribution is -0.141. The topological polar surface area (TPSA) is 109 Å². The third kappa shape index (κ3) is 5.41. The van der Waals surface area contributed by atoms with E-state index in [-0.39, 0.29) is 16.9 Å². The number of fused-ring (bicyclic) bond motifs is 1. The van der Waals surface area contributed by atoms with E-state index in [9.17, 15) is 27.9 Å². The van der Waals surface area contributed by atoms with Gasteiger partial charge in [0.15, 0.2) is 0 Å². The number of halogens is 3. The first-order valence-corrected chi connectivity index (χ1v) is 9.44. The third-order valence-electron chi connectivity index (χ3n) is 4.51. The molecule has 11 heteroatoms. The molecule has 3 N–H and O–H groups in total. The van der Waals surface area contributed by atoms with Crippen molar-refractivity contribution in [2.24, 2.45) is 0 Å². The van der Waals surface area contributed by atoms with Crippen LogP contribution in [-0.4, -0.2) is 43.9 Å². The van der Waals surface area contributed by atoms with Gasteiger partial charge in [0.25, 0.3) is 11.8 Å². The van der Waals surface area contributed by atoms with Crippen LogP contribution in [0.1, 0.15) is 56.6 Å². The Morgan fingerprint density at radius 1 is 1.19 bits per heavy atom. The first kappa shape index (κ1) is 19.2. The minimum atomic E-state index is -4.77. The molecule has 0 aromatic carbocycles. The molecule has 0 saturated carbocycles. The molecule has 0 aliphatic carbocycles. The monoisotopic (exact) mass is 452 g/mol. The number of anilines is 1. The Labute approximate surface area is 185 Å². The molecule has 32 heavy (non-hydrogen) atoms. The zero-order valence-corrected chi connectivity index (χ0v) is 17.1. The summed E-state index contributed by atoms with van der Waals surface area (Å²) in [5.74, 6) is -2.10. The van der Waals surface area contributed by atoms with Gasteiger partial charge in [-0.25, -0.2) is 9.97 Å². The standard InChI is InChI=1S/C21H22F3N5O3/c1-20(2,32)8-7-12-10-29-11-15(13(18(30)25-3)9-17(29)26-12)28-19(31)14-5-4-6-16(27-14)21(22,23)24/h4-6,9-11,32H,7-8H2,1-3H3,(H,25,30)(H,28,31)/i3D3. The van der Waals surface area contributed by atoms with Crippen LogP contribution in [0, 0.1) is 0 Å². The molecule has 170 valence electrons. The number of rotatable bonds is 6. The maximum atomic E-state index is 13.0. The second-order valence-electron chi connectivity index (χ2n) is 7.73. The average molecular weight is 452 g/mol. The highest BCUT2D eigenvalue weighted by Crippen LogP contribution is 2.27. The van der Waals surface area contributed by atoms with Crippen LogP contribution >= 0.6 is 0 Å². The van der Waals surface area contributed by atoms with Crippen molar-refractivity contribution in [3.05, 3.63) is 59.3 Å². The second-order valence-corrected chi connectivity index (χ2v) is 7.73. The molecule has 0 spiro atoms. The van der Waals surface area contributed by atoms with Crippen molar-refractivity contribution in [2.75, 3.05) is 12.3 Å². The number of amides is 2. The molecule has 0 aliphatic rings. The molecule has 0 radical (unpaired) electrons. The van der Waals surface area contributed by atoms with Gasteiger partial charge in [0.2, 0.25) is 0 Å². The lowest BCUT2D eigenvalue weighted by atomic mass is 10.0. The Hall–Kier alpha value is -3.47. The Kier molecular flexibility index (Phi) is 5.16. The normalized spacial score (nSPS) is 13.9. The van der Waals surface area contributed by atoms with Crippen molar-refractivity contribution in [2.45, 2.75) is 38.5 Å². The Morgan fingerprint density at radius 2 is 1.94 bits per heavy atom. The number of carbonyl (C=O) groups is 2. The highest BCUT2D eigenvalue weighted by atomic mass is 19.4. The van der Waals surface area contributed by atoms with Gasteiger partial charge in [-0.05, 0) is 44.9 Å². The van der Waals surface area contributed by atoms with E-state index >= 15 is 0 Å². The number of aryl methyl sites for hydroxylation is 1. The molecule has 3 aromatic rings. The molecule has 0 fully saturated rings. The summed E-state index contributed by atoms with van der Waals surface area (Å²) in [6, 6.07) is 4.03. The highest BCUT2D eigenvalue weighted by Gasteiger charge is 2.33. The van der Waals surface area contributed by atoms with E-state index in [0.717, 1.165) is 12.1 Å². The van der Waals surface area contributed by atoms with Crippen LogP contribution < -0.4 is 10.6 Å². The predicted molar refractivity (Wildman–Crippen MR) is 110 cm³/mol. The summed E-state index contributed by atoms with van der Waals surface area (Å²) in [6.07, 6.45) is -1.12. The van der Waals surface area contributed by atoms with Crippen molar-refractivity contribution in [3.63, 3.8) is 0 Å². The fourth-order valence-corrected chi connectivity index (χ4v) is 2.90.